The maximum Gasteiger partial charge on any atom is 0.329 e. The lowest BCUT2D eigenvalue weighted by Gasteiger charge is -2.35. The van der Waals surface area contributed by atoms with Crippen LogP contribution in [0, 0.1) is 5.82 Å². The molecule has 1 fully saturated rings. The van der Waals surface area contributed by atoms with Gasteiger partial charge < -0.3 is 14.9 Å². The summed E-state index contributed by atoms with van der Waals surface area (Å²) in [5, 5.41) is 8.54. The van der Waals surface area contributed by atoms with Gasteiger partial charge in [-0.1, -0.05) is 12.1 Å². The third-order valence-corrected chi connectivity index (χ3v) is 2.94. The normalized spacial score (nSPS) is 16.3. The smallest absolute Gasteiger partial charge is 0.329 e. The molecular formula is C13H15FN2O2. The van der Waals surface area contributed by atoms with Crippen molar-refractivity contribution >= 4 is 11.7 Å². The Balaban J connectivity index is 1.95. The molecule has 1 saturated heterocycles. The van der Waals surface area contributed by atoms with E-state index >= 15 is 0 Å². The van der Waals surface area contributed by atoms with Gasteiger partial charge in [0.05, 0.1) is 5.69 Å². The van der Waals surface area contributed by atoms with E-state index in [1.165, 1.54) is 6.07 Å². The fourth-order valence-electron chi connectivity index (χ4n) is 1.99. The monoisotopic (exact) mass is 250 g/mol. The molecule has 18 heavy (non-hydrogen) atoms. The first kappa shape index (κ1) is 12.4. The number of carboxylic acids is 1. The highest BCUT2D eigenvalue weighted by Crippen LogP contribution is 2.20. The predicted molar refractivity (Wildman–Crippen MR) is 67.0 cm³/mol. The van der Waals surface area contributed by atoms with E-state index in [1.807, 2.05) is 15.9 Å². The van der Waals surface area contributed by atoms with Gasteiger partial charge in [-0.3, -0.25) is 0 Å². The molecule has 1 aliphatic heterocycles. The van der Waals surface area contributed by atoms with E-state index in [0.717, 1.165) is 6.08 Å². The molecule has 1 N–H and O–H groups in total. The Hall–Kier alpha value is -2.04. The van der Waals surface area contributed by atoms with Gasteiger partial charge in [0.2, 0.25) is 0 Å². The van der Waals surface area contributed by atoms with E-state index in [0.29, 0.717) is 31.9 Å². The number of rotatable bonds is 3. The van der Waals surface area contributed by atoms with Gasteiger partial charge in [-0.25, -0.2) is 9.18 Å². The third kappa shape index (κ3) is 3.00. The van der Waals surface area contributed by atoms with Gasteiger partial charge in [0.15, 0.2) is 0 Å². The molecule has 0 saturated carbocycles. The fourth-order valence-corrected chi connectivity index (χ4v) is 1.99. The zero-order valence-corrected chi connectivity index (χ0v) is 9.92. The van der Waals surface area contributed by atoms with Crippen molar-refractivity contribution in [3.8, 4) is 0 Å². The minimum atomic E-state index is -0.952. The number of carbonyl (C=O) groups is 1. The second-order valence-electron chi connectivity index (χ2n) is 4.13. The number of piperazine rings is 1. The molecule has 2 rings (SSSR count). The minimum absolute atomic E-state index is 0.216. The molecule has 0 aromatic heterocycles. The second-order valence-corrected chi connectivity index (χ2v) is 4.13. The van der Waals surface area contributed by atoms with Crippen molar-refractivity contribution in [2.75, 3.05) is 31.1 Å². The predicted octanol–water partition coefficient (Wildman–Crippen LogP) is 1.55. The van der Waals surface area contributed by atoms with Gasteiger partial charge in [0, 0.05) is 38.5 Å². The van der Waals surface area contributed by atoms with Crippen LogP contribution in [0.4, 0.5) is 10.1 Å². The van der Waals surface area contributed by atoms with Gasteiger partial charge in [0.1, 0.15) is 5.82 Å². The number of hydrogen-bond donors (Lipinski definition) is 1. The zero-order valence-electron chi connectivity index (χ0n) is 9.92. The Kier molecular flexibility index (Phi) is 3.82. The number of anilines is 1. The van der Waals surface area contributed by atoms with Gasteiger partial charge >= 0.3 is 5.97 Å². The Bertz CT molecular complexity index is 454. The average Bonchev–Trinajstić information content (AvgIpc) is 2.38. The van der Waals surface area contributed by atoms with Gasteiger partial charge in [-0.05, 0) is 12.1 Å². The molecule has 5 heteroatoms. The number of aliphatic carboxylic acids is 1. The molecule has 96 valence electrons. The Morgan fingerprint density at radius 1 is 1.22 bits per heavy atom. The van der Waals surface area contributed by atoms with Gasteiger partial charge in [0.25, 0.3) is 0 Å². The van der Waals surface area contributed by atoms with E-state index in [1.54, 1.807) is 18.3 Å². The summed E-state index contributed by atoms with van der Waals surface area (Å²) in [6.45, 7) is 2.76. The standard InChI is InChI=1S/C13H15FN2O2/c14-11-3-1-2-4-12(11)16-9-7-15(8-10-16)6-5-13(17)18/h1-6H,7-10H2,(H,17,18). The van der Waals surface area contributed by atoms with E-state index in [4.69, 9.17) is 5.11 Å². The summed E-state index contributed by atoms with van der Waals surface area (Å²) in [5.41, 5.74) is 0.611. The highest BCUT2D eigenvalue weighted by molar-refractivity contribution is 5.79. The van der Waals surface area contributed by atoms with Crippen molar-refractivity contribution in [1.82, 2.24) is 4.90 Å². The van der Waals surface area contributed by atoms with Gasteiger partial charge in [-0.2, -0.15) is 0 Å². The van der Waals surface area contributed by atoms with Crippen molar-refractivity contribution in [2.24, 2.45) is 0 Å². The van der Waals surface area contributed by atoms with Crippen molar-refractivity contribution in [3.05, 3.63) is 42.4 Å². The molecule has 0 spiro atoms. The third-order valence-electron chi connectivity index (χ3n) is 2.94. The van der Waals surface area contributed by atoms with Crippen LogP contribution in [0.3, 0.4) is 0 Å². The average molecular weight is 250 g/mol. The maximum atomic E-state index is 13.6. The molecule has 0 amide bonds. The lowest BCUT2D eigenvalue weighted by Crippen LogP contribution is -2.44. The van der Waals surface area contributed by atoms with Crippen LogP contribution in [0.15, 0.2) is 36.5 Å². The maximum absolute atomic E-state index is 13.6. The topological polar surface area (TPSA) is 43.8 Å². The van der Waals surface area contributed by atoms with Gasteiger partial charge in [-0.15, -0.1) is 0 Å². The van der Waals surface area contributed by atoms with Crippen LogP contribution in [-0.2, 0) is 4.79 Å². The summed E-state index contributed by atoms with van der Waals surface area (Å²) >= 11 is 0. The lowest BCUT2D eigenvalue weighted by molar-refractivity contribution is -0.131. The number of halogens is 1. The molecule has 0 radical (unpaired) electrons. The molecule has 0 aliphatic carbocycles. The summed E-state index contributed by atoms with van der Waals surface area (Å²) in [6, 6.07) is 6.70. The number of nitrogens with zero attached hydrogens (tertiary/aromatic N) is 2. The molecule has 1 aromatic rings. The fraction of sp³-hybridized carbons (Fsp3) is 0.308. The SMILES string of the molecule is O=C(O)C=CN1CCN(c2ccccc2F)CC1. The van der Waals surface area contributed by atoms with Crippen molar-refractivity contribution in [3.63, 3.8) is 0 Å². The summed E-state index contributed by atoms with van der Waals surface area (Å²) in [7, 11) is 0. The summed E-state index contributed by atoms with van der Waals surface area (Å²) in [4.78, 5) is 14.3. The molecule has 1 aromatic carbocycles. The zero-order chi connectivity index (χ0) is 13.0. The largest absolute Gasteiger partial charge is 0.478 e. The van der Waals surface area contributed by atoms with Crippen LogP contribution >= 0.6 is 0 Å². The minimum Gasteiger partial charge on any atom is -0.478 e. The highest BCUT2D eigenvalue weighted by atomic mass is 19.1. The molecular weight excluding hydrogens is 235 g/mol. The summed E-state index contributed by atoms with van der Waals surface area (Å²) < 4.78 is 13.6. The van der Waals surface area contributed by atoms with Crippen LogP contribution in [0.5, 0.6) is 0 Å². The van der Waals surface area contributed by atoms with E-state index in [-0.39, 0.29) is 5.82 Å². The van der Waals surface area contributed by atoms with Crippen LogP contribution in [0.1, 0.15) is 0 Å². The number of benzene rings is 1. The molecule has 0 atom stereocenters. The molecule has 1 heterocycles. The van der Waals surface area contributed by atoms with Crippen LogP contribution in [0.2, 0.25) is 0 Å². The summed E-state index contributed by atoms with van der Waals surface area (Å²) in [6.07, 6.45) is 2.69. The Labute approximate surface area is 105 Å². The highest BCUT2D eigenvalue weighted by Gasteiger charge is 2.17. The Morgan fingerprint density at radius 3 is 2.50 bits per heavy atom. The van der Waals surface area contributed by atoms with Crippen LogP contribution in [-0.4, -0.2) is 42.2 Å². The number of carboxylic acid groups (broad SMARTS) is 1. The molecule has 0 unspecified atom stereocenters. The Morgan fingerprint density at radius 2 is 1.89 bits per heavy atom. The van der Waals surface area contributed by atoms with Crippen molar-refractivity contribution < 1.29 is 14.3 Å². The first-order valence-electron chi connectivity index (χ1n) is 5.81. The molecule has 1 aliphatic rings. The first-order valence-corrected chi connectivity index (χ1v) is 5.81. The lowest BCUT2D eigenvalue weighted by atomic mass is 10.2. The van der Waals surface area contributed by atoms with Crippen LogP contribution < -0.4 is 4.90 Å². The first-order chi connectivity index (χ1) is 8.66. The van der Waals surface area contributed by atoms with E-state index in [9.17, 15) is 9.18 Å². The second kappa shape index (κ2) is 5.53. The summed E-state index contributed by atoms with van der Waals surface area (Å²) in [5.74, 6) is -1.17. The van der Waals surface area contributed by atoms with E-state index < -0.39 is 5.97 Å². The van der Waals surface area contributed by atoms with Crippen molar-refractivity contribution in [1.29, 1.82) is 0 Å². The molecule has 4 nitrogen and oxygen atoms in total. The number of hydrogen-bond acceptors (Lipinski definition) is 3. The number of para-hydroxylation sites is 1. The molecule has 0 bridgehead atoms. The van der Waals surface area contributed by atoms with Crippen LogP contribution in [0.25, 0.3) is 0 Å². The van der Waals surface area contributed by atoms with E-state index in [2.05, 4.69) is 0 Å². The van der Waals surface area contributed by atoms with Crippen molar-refractivity contribution in [2.45, 2.75) is 0 Å². The quantitative estimate of drug-likeness (QED) is 0.827.